The van der Waals surface area contributed by atoms with Gasteiger partial charge in [-0.3, -0.25) is 5.32 Å². The van der Waals surface area contributed by atoms with Gasteiger partial charge in [-0.1, -0.05) is 32.0 Å². The number of amides is 1. The number of anilines is 1. The van der Waals surface area contributed by atoms with Crippen LogP contribution < -0.4 is 11.1 Å². The smallest absolute Gasteiger partial charge is 0.411 e. The SMILES string of the molecule is CC.NC/C(=C\F)COC(=O)Nc1ccccc1. The molecule has 0 aliphatic carbocycles. The summed E-state index contributed by atoms with van der Waals surface area (Å²) < 4.78 is 16.8. The fraction of sp³-hybridized carbons (Fsp3) is 0.308. The lowest BCUT2D eigenvalue weighted by Crippen LogP contribution is -2.17. The summed E-state index contributed by atoms with van der Waals surface area (Å²) in [4.78, 5) is 11.2. The van der Waals surface area contributed by atoms with Gasteiger partial charge < -0.3 is 10.5 Å². The van der Waals surface area contributed by atoms with Gasteiger partial charge in [0.2, 0.25) is 0 Å². The third-order valence-electron chi connectivity index (χ3n) is 1.83. The molecular weight excluding hydrogens is 235 g/mol. The fourth-order valence-electron chi connectivity index (χ4n) is 0.969. The molecule has 0 aliphatic rings. The van der Waals surface area contributed by atoms with Crippen molar-refractivity contribution in [1.82, 2.24) is 0 Å². The van der Waals surface area contributed by atoms with Crippen LogP contribution in [0.15, 0.2) is 42.2 Å². The topological polar surface area (TPSA) is 64.3 Å². The summed E-state index contributed by atoms with van der Waals surface area (Å²) in [6.45, 7) is 3.88. The Morgan fingerprint density at radius 1 is 1.39 bits per heavy atom. The lowest BCUT2D eigenvalue weighted by atomic mass is 10.3. The van der Waals surface area contributed by atoms with Crippen molar-refractivity contribution >= 4 is 11.8 Å². The van der Waals surface area contributed by atoms with E-state index in [2.05, 4.69) is 5.32 Å². The highest BCUT2D eigenvalue weighted by Gasteiger charge is 2.03. The first-order valence-corrected chi connectivity index (χ1v) is 5.73. The summed E-state index contributed by atoms with van der Waals surface area (Å²) in [5.41, 5.74) is 6.04. The Kier molecular flexibility index (Phi) is 9.21. The Morgan fingerprint density at radius 3 is 2.50 bits per heavy atom. The predicted octanol–water partition coefficient (Wildman–Crippen LogP) is 3.07. The van der Waals surface area contributed by atoms with Crippen LogP contribution in [0.2, 0.25) is 0 Å². The van der Waals surface area contributed by atoms with Gasteiger partial charge in [0.05, 0.1) is 6.33 Å². The van der Waals surface area contributed by atoms with Gasteiger partial charge in [0.25, 0.3) is 0 Å². The Hall–Kier alpha value is -1.88. The quantitative estimate of drug-likeness (QED) is 0.867. The van der Waals surface area contributed by atoms with E-state index in [9.17, 15) is 9.18 Å². The maximum absolute atomic E-state index is 12.1. The van der Waals surface area contributed by atoms with Crippen LogP contribution in [-0.4, -0.2) is 19.2 Å². The van der Waals surface area contributed by atoms with Gasteiger partial charge in [-0.05, 0) is 12.1 Å². The van der Waals surface area contributed by atoms with Crippen LogP contribution in [0.1, 0.15) is 13.8 Å². The number of hydrogen-bond acceptors (Lipinski definition) is 3. The van der Waals surface area contributed by atoms with Gasteiger partial charge in [0.1, 0.15) is 6.61 Å². The highest BCUT2D eigenvalue weighted by molar-refractivity contribution is 5.84. The zero-order chi connectivity index (χ0) is 13.8. The molecule has 18 heavy (non-hydrogen) atoms. The largest absolute Gasteiger partial charge is 0.445 e. The Labute approximate surface area is 107 Å². The first-order chi connectivity index (χ1) is 8.76. The van der Waals surface area contributed by atoms with E-state index in [0.717, 1.165) is 0 Å². The molecule has 4 nitrogen and oxygen atoms in total. The lowest BCUT2D eigenvalue weighted by molar-refractivity contribution is 0.171. The van der Waals surface area contributed by atoms with Crippen molar-refractivity contribution in [1.29, 1.82) is 0 Å². The van der Waals surface area contributed by atoms with Crippen LogP contribution in [0.25, 0.3) is 0 Å². The molecule has 0 radical (unpaired) electrons. The molecule has 0 fully saturated rings. The van der Waals surface area contributed by atoms with Crippen LogP contribution in [-0.2, 0) is 4.74 Å². The molecule has 0 saturated carbocycles. The zero-order valence-corrected chi connectivity index (χ0v) is 10.7. The molecule has 1 rings (SSSR count). The van der Waals surface area contributed by atoms with Crippen LogP contribution in [0.3, 0.4) is 0 Å². The number of hydrogen-bond donors (Lipinski definition) is 2. The number of nitrogens with two attached hydrogens (primary N) is 1. The van der Waals surface area contributed by atoms with Gasteiger partial charge in [0.15, 0.2) is 0 Å². The van der Waals surface area contributed by atoms with E-state index in [1.54, 1.807) is 24.3 Å². The van der Waals surface area contributed by atoms with Gasteiger partial charge in [0, 0.05) is 17.8 Å². The number of nitrogens with one attached hydrogen (secondary N) is 1. The lowest BCUT2D eigenvalue weighted by Gasteiger charge is -2.07. The van der Waals surface area contributed by atoms with Crippen molar-refractivity contribution in [3.8, 4) is 0 Å². The molecule has 0 unspecified atom stereocenters. The highest BCUT2D eigenvalue weighted by Crippen LogP contribution is 2.05. The molecule has 0 aromatic heterocycles. The fourth-order valence-corrected chi connectivity index (χ4v) is 0.969. The van der Waals surface area contributed by atoms with Crippen LogP contribution in [0, 0.1) is 0 Å². The monoisotopic (exact) mass is 254 g/mol. The number of benzene rings is 1. The van der Waals surface area contributed by atoms with E-state index in [1.807, 2.05) is 19.9 Å². The molecule has 0 spiro atoms. The van der Waals surface area contributed by atoms with Crippen molar-refractivity contribution in [3.05, 3.63) is 42.2 Å². The number of carbonyl (C=O) groups excluding carboxylic acids is 1. The summed E-state index contributed by atoms with van der Waals surface area (Å²) in [7, 11) is 0. The van der Waals surface area contributed by atoms with Gasteiger partial charge in [-0.2, -0.15) is 0 Å². The minimum Gasteiger partial charge on any atom is -0.445 e. The Morgan fingerprint density at radius 2 is 2.00 bits per heavy atom. The summed E-state index contributed by atoms with van der Waals surface area (Å²) in [5.74, 6) is 0. The van der Waals surface area contributed by atoms with E-state index in [4.69, 9.17) is 10.5 Å². The molecule has 1 amide bonds. The second kappa shape index (κ2) is 10.3. The predicted molar refractivity (Wildman–Crippen MR) is 71.0 cm³/mol. The summed E-state index contributed by atoms with van der Waals surface area (Å²) in [6, 6.07) is 8.83. The van der Waals surface area contributed by atoms with E-state index in [0.29, 0.717) is 12.0 Å². The maximum atomic E-state index is 12.1. The van der Waals surface area contributed by atoms with Crippen LogP contribution in [0.4, 0.5) is 14.9 Å². The van der Waals surface area contributed by atoms with Gasteiger partial charge in [-0.25, -0.2) is 9.18 Å². The van der Waals surface area contributed by atoms with E-state index in [1.165, 1.54) is 0 Å². The first kappa shape index (κ1) is 16.1. The zero-order valence-electron chi connectivity index (χ0n) is 10.7. The minimum atomic E-state index is -0.640. The summed E-state index contributed by atoms with van der Waals surface area (Å²) in [6.07, 6.45) is -0.297. The third kappa shape index (κ3) is 6.65. The van der Waals surface area contributed by atoms with E-state index >= 15 is 0 Å². The van der Waals surface area contributed by atoms with Crippen LogP contribution >= 0.6 is 0 Å². The molecule has 5 heteroatoms. The molecule has 3 N–H and O–H groups in total. The number of halogens is 1. The third-order valence-corrected chi connectivity index (χ3v) is 1.83. The molecule has 0 atom stereocenters. The second-order valence-electron chi connectivity index (χ2n) is 3.04. The molecule has 0 heterocycles. The Balaban J connectivity index is 0.00000137. The minimum absolute atomic E-state index is 0.0229. The molecule has 0 saturated heterocycles. The van der Waals surface area contributed by atoms with Gasteiger partial charge >= 0.3 is 6.09 Å². The Bertz CT molecular complexity index is 367. The summed E-state index contributed by atoms with van der Waals surface area (Å²) in [5, 5.41) is 2.49. The standard InChI is InChI=1S/C11H13FN2O2.C2H6/c12-6-9(7-13)8-16-11(15)14-10-4-2-1-3-5-10;1-2/h1-6H,7-8,13H2,(H,14,15);1-2H3/b9-6+;. The summed E-state index contributed by atoms with van der Waals surface area (Å²) >= 11 is 0. The van der Waals surface area contributed by atoms with Crippen molar-refractivity contribution < 1.29 is 13.9 Å². The first-order valence-electron chi connectivity index (χ1n) is 5.73. The molecule has 1 aromatic carbocycles. The molecule has 100 valence electrons. The van der Waals surface area contributed by atoms with E-state index < -0.39 is 6.09 Å². The second-order valence-corrected chi connectivity index (χ2v) is 3.04. The number of carbonyl (C=O) groups is 1. The highest BCUT2D eigenvalue weighted by atomic mass is 19.1. The van der Waals surface area contributed by atoms with Crippen molar-refractivity contribution in [2.24, 2.45) is 5.73 Å². The maximum Gasteiger partial charge on any atom is 0.411 e. The van der Waals surface area contributed by atoms with Crippen molar-refractivity contribution in [2.45, 2.75) is 13.8 Å². The average molecular weight is 254 g/mol. The molecule has 1 aromatic rings. The number of para-hydroxylation sites is 1. The van der Waals surface area contributed by atoms with E-state index in [-0.39, 0.29) is 18.7 Å². The molecule has 0 bridgehead atoms. The van der Waals surface area contributed by atoms with Crippen LogP contribution in [0.5, 0.6) is 0 Å². The van der Waals surface area contributed by atoms with Gasteiger partial charge in [-0.15, -0.1) is 0 Å². The van der Waals surface area contributed by atoms with Crippen molar-refractivity contribution in [3.63, 3.8) is 0 Å². The molecule has 0 aliphatic heterocycles. The molecular formula is C13H19FN2O2. The normalized spacial score (nSPS) is 10.1. The average Bonchev–Trinajstić information content (AvgIpc) is 2.43. The number of ether oxygens (including phenoxy) is 1. The number of rotatable bonds is 4. The van der Waals surface area contributed by atoms with Crippen molar-refractivity contribution in [2.75, 3.05) is 18.5 Å².